The highest BCUT2D eigenvalue weighted by molar-refractivity contribution is 6.35. The maximum Gasteiger partial charge on any atom is 0.138 e. The molecule has 1 fully saturated rings. The van der Waals surface area contributed by atoms with E-state index in [4.69, 9.17) is 38.4 Å². The van der Waals surface area contributed by atoms with Gasteiger partial charge in [-0.1, -0.05) is 28.4 Å². The Balaban J connectivity index is 1.51. The fraction of sp³-hybridized carbons (Fsp3) is 0.500. The molecule has 0 bridgehead atoms. The molecule has 1 aliphatic rings. The van der Waals surface area contributed by atoms with Crippen molar-refractivity contribution >= 4 is 23.2 Å². The average molecular weight is 387 g/mol. The normalized spacial score (nSPS) is 19.8. The number of halogens is 2. The molecule has 1 aliphatic heterocycles. The number of aromatic nitrogens is 3. The van der Waals surface area contributed by atoms with Crippen molar-refractivity contribution in [2.24, 2.45) is 5.73 Å². The topological polar surface area (TPSA) is 95.4 Å². The van der Waals surface area contributed by atoms with Crippen LogP contribution < -0.4 is 10.5 Å². The molecule has 0 spiro atoms. The third-order valence-corrected chi connectivity index (χ3v) is 4.52. The smallest absolute Gasteiger partial charge is 0.138 e. The Kier molecular flexibility index (Phi) is 6.14. The van der Waals surface area contributed by atoms with Gasteiger partial charge in [0.1, 0.15) is 24.2 Å². The number of nitrogens with two attached hydrogens (primary N) is 1. The summed E-state index contributed by atoms with van der Waals surface area (Å²) >= 11 is 11.9. The van der Waals surface area contributed by atoms with Gasteiger partial charge in [-0.3, -0.25) is 0 Å². The average Bonchev–Trinajstić information content (AvgIpc) is 3.25. The number of nitrogens with zero attached hydrogens (tertiary/aromatic N) is 3. The van der Waals surface area contributed by atoms with Gasteiger partial charge in [0.2, 0.25) is 0 Å². The number of ether oxygens (including phenoxy) is 2. The fourth-order valence-corrected chi connectivity index (χ4v) is 3.14. The summed E-state index contributed by atoms with van der Waals surface area (Å²) in [6.07, 6.45) is 2.86. The van der Waals surface area contributed by atoms with Gasteiger partial charge in [-0.25, -0.2) is 4.68 Å². The van der Waals surface area contributed by atoms with Gasteiger partial charge in [0.15, 0.2) is 0 Å². The molecule has 3 unspecified atom stereocenters. The van der Waals surface area contributed by atoms with Crippen molar-refractivity contribution in [3.05, 3.63) is 40.1 Å². The molecular formula is C16H20Cl2N4O3. The molecule has 1 aromatic heterocycles. The van der Waals surface area contributed by atoms with Crippen LogP contribution in [0, 0.1) is 0 Å². The van der Waals surface area contributed by atoms with E-state index in [0.29, 0.717) is 21.5 Å². The number of benzene rings is 1. The standard InChI is InChI=1S/C16H20Cl2N4O3/c17-10-3-4-14(12(18)6-10)25-9-11(23)7-22-8-13(20-21-22)16(19)15-2-1-5-24-15/h3-4,6,8,11,15-16,23H,1-2,5,7,9,19H2. The van der Waals surface area contributed by atoms with Gasteiger partial charge in [0, 0.05) is 11.6 Å². The molecular weight excluding hydrogens is 367 g/mol. The van der Waals surface area contributed by atoms with E-state index in [1.54, 1.807) is 29.1 Å². The first-order chi connectivity index (χ1) is 12.0. The van der Waals surface area contributed by atoms with E-state index in [9.17, 15) is 5.11 Å². The van der Waals surface area contributed by atoms with Crippen molar-refractivity contribution in [2.75, 3.05) is 13.2 Å². The minimum atomic E-state index is -0.778. The van der Waals surface area contributed by atoms with E-state index >= 15 is 0 Å². The van der Waals surface area contributed by atoms with E-state index in [1.165, 1.54) is 0 Å². The highest BCUT2D eigenvalue weighted by Crippen LogP contribution is 2.27. The summed E-state index contributed by atoms with van der Waals surface area (Å²) in [4.78, 5) is 0. The van der Waals surface area contributed by atoms with Crippen LogP contribution in [0.4, 0.5) is 0 Å². The number of hydrogen-bond donors (Lipinski definition) is 2. The Morgan fingerprint density at radius 1 is 1.44 bits per heavy atom. The third-order valence-electron chi connectivity index (χ3n) is 3.99. The largest absolute Gasteiger partial charge is 0.489 e. The molecule has 136 valence electrons. The van der Waals surface area contributed by atoms with Crippen LogP contribution in [0.3, 0.4) is 0 Å². The molecule has 0 radical (unpaired) electrons. The van der Waals surface area contributed by atoms with Crippen molar-refractivity contribution in [3.63, 3.8) is 0 Å². The van der Waals surface area contributed by atoms with Gasteiger partial charge in [0.05, 0.1) is 29.9 Å². The SMILES string of the molecule is NC(c1cn(CC(O)COc2ccc(Cl)cc2Cl)nn1)C1CCCO1. The van der Waals surface area contributed by atoms with Crippen molar-refractivity contribution in [1.29, 1.82) is 0 Å². The molecule has 0 saturated carbocycles. The van der Waals surface area contributed by atoms with E-state index in [-0.39, 0.29) is 25.3 Å². The predicted molar refractivity (Wildman–Crippen MR) is 93.9 cm³/mol. The molecule has 25 heavy (non-hydrogen) atoms. The monoisotopic (exact) mass is 386 g/mol. The Labute approximate surface area is 155 Å². The van der Waals surface area contributed by atoms with Gasteiger partial charge in [-0.2, -0.15) is 0 Å². The summed E-state index contributed by atoms with van der Waals surface area (Å²) in [6, 6.07) is 4.61. The van der Waals surface area contributed by atoms with Crippen molar-refractivity contribution in [2.45, 2.75) is 37.6 Å². The molecule has 3 N–H and O–H groups in total. The summed E-state index contributed by atoms with van der Waals surface area (Å²) in [6.45, 7) is 1.03. The lowest BCUT2D eigenvalue weighted by atomic mass is 10.1. The van der Waals surface area contributed by atoms with Crippen LogP contribution in [0.15, 0.2) is 24.4 Å². The van der Waals surface area contributed by atoms with Crippen molar-refractivity contribution in [3.8, 4) is 5.75 Å². The lowest BCUT2D eigenvalue weighted by Crippen LogP contribution is -2.26. The molecule has 3 atom stereocenters. The quantitative estimate of drug-likeness (QED) is 0.757. The molecule has 2 heterocycles. The zero-order valence-electron chi connectivity index (χ0n) is 13.5. The van der Waals surface area contributed by atoms with Gasteiger partial charge in [-0.15, -0.1) is 5.10 Å². The van der Waals surface area contributed by atoms with E-state index in [0.717, 1.165) is 19.4 Å². The van der Waals surface area contributed by atoms with Crippen LogP contribution in [0.2, 0.25) is 10.0 Å². The molecule has 7 nitrogen and oxygen atoms in total. The number of aliphatic hydroxyl groups is 1. The summed E-state index contributed by atoms with van der Waals surface area (Å²) in [5, 5.41) is 19.1. The van der Waals surface area contributed by atoms with Gasteiger partial charge >= 0.3 is 0 Å². The molecule has 0 amide bonds. The van der Waals surface area contributed by atoms with E-state index < -0.39 is 6.10 Å². The zero-order valence-corrected chi connectivity index (χ0v) is 15.0. The molecule has 0 aliphatic carbocycles. The third kappa shape index (κ3) is 4.83. The van der Waals surface area contributed by atoms with E-state index in [2.05, 4.69) is 10.3 Å². The molecule has 2 aromatic rings. The van der Waals surface area contributed by atoms with Crippen LogP contribution in [0.25, 0.3) is 0 Å². The highest BCUT2D eigenvalue weighted by atomic mass is 35.5. The number of rotatable bonds is 7. The second kappa shape index (κ2) is 8.33. The highest BCUT2D eigenvalue weighted by Gasteiger charge is 2.26. The summed E-state index contributed by atoms with van der Waals surface area (Å²) in [5.74, 6) is 0.463. The first-order valence-corrected chi connectivity index (χ1v) is 8.81. The number of aliphatic hydroxyl groups excluding tert-OH is 1. The molecule has 9 heteroatoms. The first kappa shape index (κ1) is 18.4. The Bertz CT molecular complexity index is 706. The maximum absolute atomic E-state index is 10.1. The zero-order chi connectivity index (χ0) is 17.8. The Hall–Kier alpha value is -1.38. The lowest BCUT2D eigenvalue weighted by molar-refractivity contribution is 0.0880. The summed E-state index contributed by atoms with van der Waals surface area (Å²) in [7, 11) is 0. The van der Waals surface area contributed by atoms with Crippen LogP contribution in [-0.2, 0) is 11.3 Å². The van der Waals surface area contributed by atoms with Gasteiger partial charge in [0.25, 0.3) is 0 Å². The fourth-order valence-electron chi connectivity index (χ4n) is 2.68. The molecule has 1 saturated heterocycles. The van der Waals surface area contributed by atoms with Gasteiger partial charge < -0.3 is 20.3 Å². The van der Waals surface area contributed by atoms with Gasteiger partial charge in [-0.05, 0) is 31.0 Å². The molecule has 1 aromatic carbocycles. The minimum Gasteiger partial charge on any atom is -0.489 e. The van der Waals surface area contributed by atoms with Crippen molar-refractivity contribution < 1.29 is 14.6 Å². The minimum absolute atomic E-state index is 0.0227. The van der Waals surface area contributed by atoms with Crippen LogP contribution in [-0.4, -0.2) is 45.5 Å². The van der Waals surface area contributed by atoms with Crippen LogP contribution in [0.1, 0.15) is 24.6 Å². The van der Waals surface area contributed by atoms with Crippen LogP contribution in [0.5, 0.6) is 5.75 Å². The second-order valence-corrected chi connectivity index (χ2v) is 6.83. The van der Waals surface area contributed by atoms with Crippen LogP contribution >= 0.6 is 23.2 Å². The molecule has 3 rings (SSSR count). The number of hydrogen-bond acceptors (Lipinski definition) is 6. The predicted octanol–water partition coefficient (Wildman–Crippen LogP) is 2.20. The Morgan fingerprint density at radius 2 is 2.28 bits per heavy atom. The first-order valence-electron chi connectivity index (χ1n) is 8.06. The lowest BCUT2D eigenvalue weighted by Gasteiger charge is -2.15. The summed E-state index contributed by atoms with van der Waals surface area (Å²) < 4.78 is 12.6. The second-order valence-electron chi connectivity index (χ2n) is 5.98. The van der Waals surface area contributed by atoms with E-state index in [1.807, 2.05) is 0 Å². The summed E-state index contributed by atoms with van der Waals surface area (Å²) in [5.41, 5.74) is 6.81. The Morgan fingerprint density at radius 3 is 3.00 bits per heavy atom. The van der Waals surface area contributed by atoms with Crippen molar-refractivity contribution in [1.82, 2.24) is 15.0 Å². The maximum atomic E-state index is 10.1.